The molecule has 1 N–H and O–H groups in total. The number of pyridine rings is 1. The molecule has 2 rings (SSSR count). The number of nitrogens with zero attached hydrogens (tertiary/aromatic N) is 1. The smallest absolute Gasteiger partial charge is 0.337 e. The summed E-state index contributed by atoms with van der Waals surface area (Å²) < 4.78 is 5.29. The van der Waals surface area contributed by atoms with Crippen LogP contribution in [-0.4, -0.2) is 22.7 Å². The zero-order valence-corrected chi connectivity index (χ0v) is 7.43. The predicted molar refractivity (Wildman–Crippen MR) is 49.7 cm³/mol. The Bertz CT molecular complexity index is 381. The summed E-state index contributed by atoms with van der Waals surface area (Å²) in [6.07, 6.45) is 4.17. The van der Waals surface area contributed by atoms with Gasteiger partial charge in [0.25, 0.3) is 0 Å². The Hall–Kier alpha value is -1.84. The summed E-state index contributed by atoms with van der Waals surface area (Å²) in [6, 6.07) is 3.17. The van der Waals surface area contributed by atoms with Crippen LogP contribution in [0.3, 0.4) is 0 Å². The molecule has 4 heteroatoms. The largest absolute Gasteiger partial charge is 0.491 e. The molecule has 72 valence electrons. The van der Waals surface area contributed by atoms with Crippen molar-refractivity contribution in [1.29, 1.82) is 0 Å². The van der Waals surface area contributed by atoms with E-state index < -0.39 is 5.97 Å². The van der Waals surface area contributed by atoms with Gasteiger partial charge in [-0.3, -0.25) is 4.98 Å². The molecule has 1 aromatic rings. The van der Waals surface area contributed by atoms with Gasteiger partial charge in [0.15, 0.2) is 0 Å². The Morgan fingerprint density at radius 3 is 2.86 bits per heavy atom. The topological polar surface area (TPSA) is 59.4 Å². The number of carboxylic acid groups (broad SMARTS) is 1. The second-order valence-electron chi connectivity index (χ2n) is 2.94. The molecule has 0 radical (unpaired) electrons. The van der Waals surface area contributed by atoms with Gasteiger partial charge in [0.1, 0.15) is 11.5 Å². The van der Waals surface area contributed by atoms with Crippen LogP contribution in [0.1, 0.15) is 22.5 Å². The number of aromatic nitrogens is 1. The molecule has 0 aliphatic carbocycles. The molecule has 1 aliphatic heterocycles. The van der Waals surface area contributed by atoms with Gasteiger partial charge in [-0.25, -0.2) is 4.79 Å². The lowest BCUT2D eigenvalue weighted by molar-refractivity contribution is 0.0696. The van der Waals surface area contributed by atoms with Gasteiger partial charge in [-0.1, -0.05) is 0 Å². The lowest BCUT2D eigenvalue weighted by atomic mass is 10.2. The fourth-order valence-corrected chi connectivity index (χ4v) is 1.26. The van der Waals surface area contributed by atoms with E-state index in [2.05, 4.69) is 4.98 Å². The minimum atomic E-state index is -0.967. The SMILES string of the molecule is O=C(O)c1ccc(C2=CCCO2)nc1. The van der Waals surface area contributed by atoms with Crippen LogP contribution in [0, 0.1) is 0 Å². The maximum Gasteiger partial charge on any atom is 0.337 e. The first-order valence-corrected chi connectivity index (χ1v) is 4.30. The van der Waals surface area contributed by atoms with Gasteiger partial charge < -0.3 is 9.84 Å². The van der Waals surface area contributed by atoms with Crippen molar-refractivity contribution in [2.24, 2.45) is 0 Å². The average Bonchev–Trinajstić information content (AvgIpc) is 2.71. The van der Waals surface area contributed by atoms with Gasteiger partial charge in [0.05, 0.1) is 12.2 Å². The highest BCUT2D eigenvalue weighted by atomic mass is 16.5. The number of ether oxygens (including phenoxy) is 1. The van der Waals surface area contributed by atoms with Gasteiger partial charge in [0, 0.05) is 12.6 Å². The molecule has 2 heterocycles. The second kappa shape index (κ2) is 3.49. The van der Waals surface area contributed by atoms with Gasteiger partial charge in [-0.15, -0.1) is 0 Å². The molecule has 14 heavy (non-hydrogen) atoms. The van der Waals surface area contributed by atoms with Crippen molar-refractivity contribution in [1.82, 2.24) is 4.98 Å². The van der Waals surface area contributed by atoms with E-state index in [9.17, 15) is 4.79 Å². The van der Waals surface area contributed by atoms with Crippen LogP contribution in [0.25, 0.3) is 5.76 Å². The first kappa shape index (κ1) is 8.74. The lowest BCUT2D eigenvalue weighted by Crippen LogP contribution is -1.98. The highest BCUT2D eigenvalue weighted by Gasteiger charge is 2.10. The van der Waals surface area contributed by atoms with Crippen molar-refractivity contribution < 1.29 is 14.6 Å². The zero-order valence-electron chi connectivity index (χ0n) is 7.43. The highest BCUT2D eigenvalue weighted by molar-refractivity contribution is 5.87. The molecule has 0 fully saturated rings. The lowest BCUT2D eigenvalue weighted by Gasteiger charge is -2.02. The zero-order chi connectivity index (χ0) is 9.97. The van der Waals surface area contributed by atoms with E-state index in [0.29, 0.717) is 12.3 Å². The summed E-state index contributed by atoms with van der Waals surface area (Å²) in [5, 5.41) is 8.66. The van der Waals surface area contributed by atoms with Gasteiger partial charge in [-0.05, 0) is 18.2 Å². The van der Waals surface area contributed by atoms with Crippen molar-refractivity contribution in [2.45, 2.75) is 6.42 Å². The van der Waals surface area contributed by atoms with Crippen LogP contribution in [0.4, 0.5) is 0 Å². The van der Waals surface area contributed by atoms with Gasteiger partial charge in [-0.2, -0.15) is 0 Å². The maximum absolute atomic E-state index is 10.5. The number of carboxylic acids is 1. The Morgan fingerprint density at radius 2 is 2.36 bits per heavy atom. The van der Waals surface area contributed by atoms with Crippen LogP contribution in [0.15, 0.2) is 24.4 Å². The molecule has 0 saturated carbocycles. The van der Waals surface area contributed by atoms with E-state index in [4.69, 9.17) is 9.84 Å². The third-order valence-corrected chi connectivity index (χ3v) is 1.97. The van der Waals surface area contributed by atoms with Crippen LogP contribution in [0.2, 0.25) is 0 Å². The van der Waals surface area contributed by atoms with E-state index in [1.807, 2.05) is 6.08 Å². The molecule has 0 spiro atoms. The van der Waals surface area contributed by atoms with Gasteiger partial charge in [0.2, 0.25) is 0 Å². The third kappa shape index (κ3) is 1.59. The van der Waals surface area contributed by atoms with E-state index >= 15 is 0 Å². The fraction of sp³-hybridized carbons (Fsp3) is 0.200. The maximum atomic E-state index is 10.5. The summed E-state index contributed by atoms with van der Waals surface area (Å²) in [5.74, 6) is -0.229. The third-order valence-electron chi connectivity index (χ3n) is 1.97. The molecule has 0 atom stereocenters. The first-order chi connectivity index (χ1) is 6.77. The monoisotopic (exact) mass is 191 g/mol. The summed E-state index contributed by atoms with van der Waals surface area (Å²) in [5.41, 5.74) is 0.875. The molecule has 0 amide bonds. The van der Waals surface area contributed by atoms with Crippen molar-refractivity contribution in [3.05, 3.63) is 35.7 Å². The molecule has 0 bridgehead atoms. The van der Waals surface area contributed by atoms with Crippen LogP contribution in [-0.2, 0) is 4.74 Å². The Balaban J connectivity index is 2.25. The fourth-order valence-electron chi connectivity index (χ4n) is 1.26. The minimum Gasteiger partial charge on any atom is -0.491 e. The van der Waals surface area contributed by atoms with Crippen LogP contribution >= 0.6 is 0 Å². The molecule has 0 unspecified atom stereocenters. The van der Waals surface area contributed by atoms with Crippen molar-refractivity contribution in [2.75, 3.05) is 6.61 Å². The number of carbonyl (C=O) groups is 1. The van der Waals surface area contributed by atoms with Crippen molar-refractivity contribution in [3.8, 4) is 0 Å². The number of hydrogen-bond acceptors (Lipinski definition) is 3. The normalized spacial score (nSPS) is 14.7. The van der Waals surface area contributed by atoms with Gasteiger partial charge >= 0.3 is 5.97 Å². The first-order valence-electron chi connectivity index (χ1n) is 4.30. The molecule has 4 nitrogen and oxygen atoms in total. The van der Waals surface area contributed by atoms with E-state index in [0.717, 1.165) is 12.2 Å². The van der Waals surface area contributed by atoms with E-state index in [-0.39, 0.29) is 5.56 Å². The van der Waals surface area contributed by atoms with E-state index in [1.165, 1.54) is 12.3 Å². The quantitative estimate of drug-likeness (QED) is 0.770. The minimum absolute atomic E-state index is 0.187. The Kier molecular flexibility index (Phi) is 2.18. The molecular formula is C10H9NO3. The van der Waals surface area contributed by atoms with E-state index in [1.54, 1.807) is 6.07 Å². The summed E-state index contributed by atoms with van der Waals surface area (Å²) >= 11 is 0. The average molecular weight is 191 g/mol. The molecule has 1 aromatic heterocycles. The van der Waals surface area contributed by atoms with Crippen molar-refractivity contribution >= 4 is 11.7 Å². The van der Waals surface area contributed by atoms with Crippen LogP contribution < -0.4 is 0 Å². The summed E-state index contributed by atoms with van der Waals surface area (Å²) in [6.45, 7) is 0.678. The highest BCUT2D eigenvalue weighted by Crippen LogP contribution is 2.19. The molecule has 0 aromatic carbocycles. The number of aromatic carboxylic acids is 1. The molecule has 1 aliphatic rings. The van der Waals surface area contributed by atoms with Crippen LogP contribution in [0.5, 0.6) is 0 Å². The number of hydrogen-bond donors (Lipinski definition) is 1. The Labute approximate surface area is 80.8 Å². The second-order valence-corrected chi connectivity index (χ2v) is 2.94. The standard InChI is InChI=1S/C10H9NO3/c12-10(13)7-3-4-8(11-6-7)9-2-1-5-14-9/h2-4,6H,1,5H2,(H,12,13). The Morgan fingerprint density at radius 1 is 1.50 bits per heavy atom. The van der Waals surface area contributed by atoms with Crippen molar-refractivity contribution in [3.63, 3.8) is 0 Å². The summed E-state index contributed by atoms with van der Waals surface area (Å²) in [7, 11) is 0. The molecule has 0 saturated heterocycles. The molecular weight excluding hydrogens is 182 g/mol. The predicted octanol–water partition coefficient (Wildman–Crippen LogP) is 1.54. The number of rotatable bonds is 2. The summed E-state index contributed by atoms with van der Waals surface area (Å²) in [4.78, 5) is 14.6.